The Morgan fingerprint density at radius 1 is 0.709 bits per heavy atom. The molecule has 8 aliphatic carbocycles. The maximum absolute atomic E-state index is 13.5. The number of aliphatic hydroxyl groups is 3. The van der Waals surface area contributed by atoms with E-state index in [0.717, 1.165) is 109 Å². The molecule has 0 unspecified atom stereocenters. The monoisotopic (exact) mass is 1250 g/mol. The summed E-state index contributed by atoms with van der Waals surface area (Å²) in [7, 11) is 0. The average Bonchev–Trinajstić information content (AvgIpc) is 1.38. The van der Waals surface area contributed by atoms with Gasteiger partial charge in [0, 0.05) is 41.2 Å². The molecule has 462 valence electrons. The van der Waals surface area contributed by atoms with Gasteiger partial charge in [0.05, 0.1) is 47.4 Å². The normalized spacial score (nSPS) is 34.4. The Hall–Kier alpha value is -4.30. The Morgan fingerprint density at radius 2 is 1.19 bits per heavy atom. The van der Waals surface area contributed by atoms with Gasteiger partial charge in [-0.1, -0.05) is 70.0 Å². The second-order valence-electron chi connectivity index (χ2n) is 27.1. The highest BCUT2D eigenvalue weighted by Gasteiger charge is 2.71. The van der Waals surface area contributed by atoms with E-state index in [2.05, 4.69) is 44.9 Å². The fraction of sp³-hybridized carbons (Fsp3) is 0.603. The number of ether oxygens (including phenoxy) is 1. The number of aliphatic hydroxyl groups excluding tert-OH is 2. The molecule has 12 rings (SSSR count). The second-order valence-corrected chi connectivity index (χ2v) is 30.3. The zero-order valence-corrected chi connectivity index (χ0v) is 54.2. The fourth-order valence-corrected chi connectivity index (χ4v) is 20.7. The van der Waals surface area contributed by atoms with Crippen molar-refractivity contribution in [3.05, 3.63) is 106 Å². The van der Waals surface area contributed by atoms with Crippen molar-refractivity contribution in [2.45, 2.75) is 167 Å². The average molecular weight is 1250 g/mol. The largest absolute Gasteiger partial charge is 0.449 e. The fourth-order valence-electron chi connectivity index (χ4n) is 18.8. The number of thiol groups is 1. The van der Waals surface area contributed by atoms with Crippen LogP contribution in [0.3, 0.4) is 0 Å². The minimum Gasteiger partial charge on any atom is -0.449 e. The predicted molar refractivity (Wildman–Crippen MR) is 343 cm³/mol. The maximum Gasteiger partial charge on any atom is 0.306 e. The zero-order chi connectivity index (χ0) is 61.3. The molecule has 86 heavy (non-hydrogen) atoms. The van der Waals surface area contributed by atoms with Gasteiger partial charge >= 0.3 is 5.97 Å². The summed E-state index contributed by atoms with van der Waals surface area (Å²) in [5.41, 5.74) is 5.28. The zero-order valence-electron chi connectivity index (χ0n) is 50.8. The molecule has 0 spiro atoms. The smallest absolute Gasteiger partial charge is 0.306 e. The summed E-state index contributed by atoms with van der Waals surface area (Å²) < 4.78 is 23.4. The van der Waals surface area contributed by atoms with E-state index in [0.29, 0.717) is 62.3 Å². The number of carbonyl (C=O) groups is 5. The topological polar surface area (TPSA) is 191 Å². The number of hydrogen-bond acceptors (Lipinski definition) is 14. The van der Waals surface area contributed by atoms with Crippen LogP contribution in [0, 0.1) is 57.2 Å². The highest BCUT2D eigenvalue weighted by atomic mass is 32.2. The van der Waals surface area contributed by atoms with Crippen LogP contribution < -0.4 is 0 Å². The number of esters is 1. The maximum atomic E-state index is 13.5. The Balaban J connectivity index is 0.000000180. The number of fused-ring (bicyclic) bond motifs is 12. The van der Waals surface area contributed by atoms with Gasteiger partial charge in [-0.2, -0.15) is 33.7 Å². The Morgan fingerprint density at radius 3 is 1.65 bits per heavy atom. The first-order valence-electron chi connectivity index (χ1n) is 31.1. The first-order chi connectivity index (χ1) is 41.1. The summed E-state index contributed by atoms with van der Waals surface area (Å²) in [5, 5.41) is 43.8. The Bertz CT molecular complexity index is 3380. The van der Waals surface area contributed by atoms with E-state index in [4.69, 9.17) is 14.9 Å². The first-order valence-corrected chi connectivity index (χ1v) is 35.4. The van der Waals surface area contributed by atoms with Crippen molar-refractivity contribution >= 4 is 87.8 Å². The van der Waals surface area contributed by atoms with Crippen LogP contribution in [0.5, 0.6) is 0 Å². The Labute approximate surface area is 524 Å². The van der Waals surface area contributed by atoms with Crippen molar-refractivity contribution in [2.24, 2.45) is 57.2 Å². The van der Waals surface area contributed by atoms with Crippen LogP contribution in [-0.4, -0.2) is 116 Å². The number of halogens is 1. The summed E-state index contributed by atoms with van der Waals surface area (Å²) in [5.74, 6) is 2.42. The van der Waals surface area contributed by atoms with Crippen LogP contribution in [0.4, 0.5) is 4.39 Å². The third kappa shape index (κ3) is 10.4. The van der Waals surface area contributed by atoms with Crippen molar-refractivity contribution < 1.29 is 48.4 Å². The number of carbonyl (C=O) groups excluding carboxylic acids is 5. The molecule has 13 nitrogen and oxygen atoms in total. The molecule has 2 heterocycles. The van der Waals surface area contributed by atoms with Crippen LogP contribution in [0.15, 0.2) is 72.1 Å². The number of aromatic nitrogens is 4. The van der Waals surface area contributed by atoms with Crippen molar-refractivity contribution in [3.8, 4) is 11.4 Å². The van der Waals surface area contributed by atoms with Crippen LogP contribution in [-0.2, 0) is 32.0 Å². The SMILES string of the molecule is CCC(=O)O[C@]1(C(=O)SCF)CC[C@H]2[C@@H]3CCC4=Cc5c(cnn5-c5cccc(C(=O)CCCSC)c5)C[C@]4(C)[C@H]3[C@@H](O)C[C@@]21C.CSCCCC(=O)c1cccc(-n2ncc3c2C=C2CC[C@@H]4[C@H]([C@@H](O)C[C@@]5(C)[C@H]4CC[C@]5(O)C(=O)S)[C@@]2(C)C3)c1. The van der Waals surface area contributed by atoms with Gasteiger partial charge in [0.2, 0.25) is 10.2 Å². The summed E-state index contributed by atoms with van der Waals surface area (Å²) in [6.07, 6.45) is 22.2. The number of rotatable bonds is 17. The number of allylic oxidation sites excluding steroid dienone is 2. The minimum absolute atomic E-state index is 0.0362. The van der Waals surface area contributed by atoms with Crippen molar-refractivity contribution in [1.82, 2.24) is 19.6 Å². The molecular formula is C68H85FN4O9S4. The van der Waals surface area contributed by atoms with E-state index in [1.807, 2.05) is 90.4 Å². The summed E-state index contributed by atoms with van der Waals surface area (Å²) in [4.78, 5) is 64.3. The summed E-state index contributed by atoms with van der Waals surface area (Å²) in [6, 6.07) is 14.6. The van der Waals surface area contributed by atoms with Crippen molar-refractivity contribution in [2.75, 3.05) is 30.0 Å². The number of hydrogen-bond donors (Lipinski definition) is 4. The lowest BCUT2D eigenvalue weighted by Gasteiger charge is -2.60. The van der Waals surface area contributed by atoms with Gasteiger partial charge in [-0.25, -0.2) is 13.8 Å². The lowest BCUT2D eigenvalue weighted by Crippen LogP contribution is -2.62. The number of alkyl halides is 1. The quantitative estimate of drug-likeness (QED) is 0.0338. The number of nitrogens with zero attached hydrogens (tertiary/aromatic N) is 4. The third-order valence-corrected chi connectivity index (χ3v) is 25.4. The number of benzene rings is 2. The minimum atomic E-state index is -1.48. The molecule has 8 aliphatic rings. The number of Topliss-reactive ketones (excluding diaryl/α,β-unsaturated/α-hetero) is 2. The van der Waals surface area contributed by atoms with E-state index in [1.165, 1.54) is 11.1 Å². The summed E-state index contributed by atoms with van der Waals surface area (Å²) >= 11 is 8.17. The molecular weight excluding hydrogens is 1160 g/mol. The predicted octanol–water partition coefficient (Wildman–Crippen LogP) is 12.8. The molecule has 0 bridgehead atoms. The lowest BCUT2D eigenvalue weighted by molar-refractivity contribution is -0.196. The van der Waals surface area contributed by atoms with Crippen LogP contribution in [0.25, 0.3) is 23.5 Å². The van der Waals surface area contributed by atoms with E-state index in [1.54, 1.807) is 30.4 Å². The van der Waals surface area contributed by atoms with Crippen LogP contribution in [0.2, 0.25) is 0 Å². The van der Waals surface area contributed by atoms with Gasteiger partial charge in [0.1, 0.15) is 11.6 Å². The van der Waals surface area contributed by atoms with E-state index >= 15 is 0 Å². The van der Waals surface area contributed by atoms with Gasteiger partial charge in [-0.15, -0.1) is 12.6 Å². The molecule has 4 aromatic rings. The molecule has 6 fully saturated rings. The molecule has 3 N–H and O–H groups in total. The van der Waals surface area contributed by atoms with Crippen molar-refractivity contribution in [3.63, 3.8) is 0 Å². The molecule has 2 aromatic heterocycles. The van der Waals surface area contributed by atoms with Gasteiger partial charge < -0.3 is 20.1 Å². The molecule has 6 saturated carbocycles. The van der Waals surface area contributed by atoms with Gasteiger partial charge in [-0.05, 0) is 220 Å². The third-order valence-electron chi connectivity index (χ3n) is 22.9. The van der Waals surface area contributed by atoms with Crippen LogP contribution >= 0.6 is 47.9 Å². The molecule has 0 amide bonds. The summed E-state index contributed by atoms with van der Waals surface area (Å²) in [6.45, 7) is 10.2. The first kappa shape index (κ1) is 63.3. The van der Waals surface area contributed by atoms with Gasteiger partial charge in [0.25, 0.3) is 0 Å². The highest BCUT2D eigenvalue weighted by Crippen LogP contribution is 2.70. The molecule has 0 radical (unpaired) electrons. The Kier molecular flexibility index (Phi) is 18.0. The second kappa shape index (κ2) is 24.5. The van der Waals surface area contributed by atoms with Crippen LogP contribution in [0.1, 0.15) is 174 Å². The van der Waals surface area contributed by atoms with Crippen molar-refractivity contribution in [1.29, 1.82) is 0 Å². The van der Waals surface area contributed by atoms with E-state index in [9.17, 15) is 43.7 Å². The van der Waals surface area contributed by atoms with E-state index < -0.39 is 56.4 Å². The standard InChI is InChI=1S/C36H45FN2O5S2.C32H40N2O4S2/c1-5-31(42)44-36(33(43)46-21-37)14-13-27-26-12-11-24-17-28-23(18-34(24,2)32(26)30(41)19-35(27,36)3)20-38-39(28)25-9-6-8-22(16-25)29(40)10-7-15-45-4;1-30-16-20-18-33-34(22-7-4-6-19(14-22)26(35)8-5-13-40-3)25(20)15-21(30)9-10-23-24-11-12-32(38,29(37)39)31(24,2)17-27(36)28(23)30/h6,8-9,16-17,20,26-27,30,32,41H,5,7,10-15,18-19,21H2,1-4H3;4,6-7,14-15,18,23-24,27-28,36,38H,5,8-13,16-17H2,1-3H3,(H,37,39)/t26-,27-,30-,32+,34-,35-,36-;23-,24-,27-,28+,30-,31-,32-/m00/s1. The number of ketones is 2. The molecule has 0 aliphatic heterocycles. The molecule has 14 atom stereocenters. The van der Waals surface area contributed by atoms with Gasteiger partial charge in [-0.3, -0.25) is 24.0 Å². The van der Waals surface area contributed by atoms with Gasteiger partial charge in [0.15, 0.2) is 17.2 Å². The molecule has 18 heteroatoms. The molecule has 0 saturated heterocycles. The molecule has 2 aromatic carbocycles. The van der Waals surface area contributed by atoms with E-state index in [-0.39, 0.29) is 64.3 Å². The lowest BCUT2D eigenvalue weighted by atomic mass is 9.45. The number of thioether (sulfide) groups is 3. The highest BCUT2D eigenvalue weighted by molar-refractivity contribution is 8.13.